The van der Waals surface area contributed by atoms with Crippen molar-refractivity contribution < 1.29 is 57.2 Å². The molecule has 1 aromatic carbocycles. The van der Waals surface area contributed by atoms with Crippen LogP contribution in [0.3, 0.4) is 0 Å². The summed E-state index contributed by atoms with van der Waals surface area (Å²) < 4.78 is 61.9. The van der Waals surface area contributed by atoms with Crippen molar-refractivity contribution in [3.8, 4) is 11.5 Å². The van der Waals surface area contributed by atoms with Gasteiger partial charge in [-0.3, -0.25) is 0 Å². The van der Waals surface area contributed by atoms with Gasteiger partial charge in [0.25, 0.3) is 0 Å². The first-order valence-corrected chi connectivity index (χ1v) is 17.8. The number of likely N-dealkylation sites (N-methyl/N-ethyl adjacent to an activating group) is 1. The van der Waals surface area contributed by atoms with Gasteiger partial charge in [-0.05, 0) is 38.1 Å². The molecule has 0 amide bonds. The molecule has 2 bridgehead atoms. The van der Waals surface area contributed by atoms with Crippen LogP contribution in [0.2, 0.25) is 0 Å². The minimum absolute atomic E-state index is 0.145. The molecule has 1 spiro atoms. The van der Waals surface area contributed by atoms with Crippen molar-refractivity contribution in [2.45, 2.75) is 36.5 Å². The molecule has 5 rings (SSSR count). The third-order valence-corrected chi connectivity index (χ3v) is 9.70. The molecule has 5 atom stereocenters. The number of piperidine rings is 1. The van der Waals surface area contributed by atoms with Gasteiger partial charge in [0.15, 0.2) is 11.5 Å². The molecule has 1 aromatic rings. The van der Waals surface area contributed by atoms with E-state index in [1.54, 1.807) is 13.2 Å². The number of rotatable bonds is 28. The highest BCUT2D eigenvalue weighted by Crippen LogP contribution is 2.62. The highest BCUT2D eigenvalue weighted by atomic mass is 16.6. The zero-order valence-electron chi connectivity index (χ0n) is 29.4. The maximum atomic E-state index is 10.7. The summed E-state index contributed by atoms with van der Waals surface area (Å²) in [5.41, 5.74) is 2.37. The van der Waals surface area contributed by atoms with E-state index in [4.69, 9.17) is 52.1 Å². The summed E-state index contributed by atoms with van der Waals surface area (Å²) in [4.78, 5) is 2.48. The van der Waals surface area contributed by atoms with Crippen LogP contribution in [-0.2, 0) is 59.2 Å². The Kier molecular flexibility index (Phi) is 16.3. The Labute approximate surface area is 290 Å². The number of hydrogen-bond donors (Lipinski definition) is 1. The lowest BCUT2D eigenvalue weighted by atomic mass is 9.53. The fourth-order valence-electron chi connectivity index (χ4n) is 7.39. The average Bonchev–Trinajstić information content (AvgIpc) is 3.47. The molecule has 2 heterocycles. The van der Waals surface area contributed by atoms with Crippen LogP contribution in [0, 0.1) is 5.92 Å². The smallest absolute Gasteiger partial charge is 0.165 e. The lowest BCUT2D eigenvalue weighted by Crippen LogP contribution is -2.65. The van der Waals surface area contributed by atoms with Crippen molar-refractivity contribution in [3.05, 3.63) is 35.4 Å². The number of phenols is 1. The van der Waals surface area contributed by atoms with Gasteiger partial charge in [-0.25, -0.2) is 0 Å². The molecule has 2 aliphatic carbocycles. The van der Waals surface area contributed by atoms with E-state index in [0.29, 0.717) is 137 Å². The van der Waals surface area contributed by atoms with Crippen molar-refractivity contribution in [2.24, 2.45) is 5.92 Å². The molecule has 2 unspecified atom stereocenters. The third-order valence-electron chi connectivity index (χ3n) is 9.70. The molecular formula is C36H57NO12. The van der Waals surface area contributed by atoms with Gasteiger partial charge in [-0.1, -0.05) is 18.2 Å². The Morgan fingerprint density at radius 2 is 1.18 bits per heavy atom. The summed E-state index contributed by atoms with van der Waals surface area (Å²) in [6.45, 7) is 10.3. The van der Waals surface area contributed by atoms with Crippen LogP contribution in [0.15, 0.2) is 24.3 Å². The van der Waals surface area contributed by atoms with E-state index in [-0.39, 0.29) is 23.4 Å². The van der Waals surface area contributed by atoms with Crippen molar-refractivity contribution in [2.75, 3.05) is 140 Å². The van der Waals surface area contributed by atoms with E-state index in [2.05, 4.69) is 30.2 Å². The standard InChI is InChI=1S/C36H57NO12/c1-37-8-7-36-29-4-6-32(35(36)49-34-31(38)5-3-28(33(34)36)27-30(29)37)48-26-25-47-24-23-46-22-21-45-20-19-44-18-17-43-16-15-42-14-13-41-12-11-40-10-9-39-2/h3-6,29-30,32,35,38H,7-27H2,1-2H3/t29?,30?,32-,35-,36-/m0/s1. The quantitative estimate of drug-likeness (QED) is 0.102. The van der Waals surface area contributed by atoms with Gasteiger partial charge in [-0.2, -0.15) is 0 Å². The lowest BCUT2D eigenvalue weighted by Gasteiger charge is -2.56. The SMILES string of the molecule is COCCOCCOCCOCCOCCOCCOCCOCCOCCO[C@H]1C=CC2C3Cc4ccc(O)c5c4[C@@]2(CCN3C)[C@H]1O5. The fraction of sp³-hybridized carbons (Fsp3) is 0.778. The number of methoxy groups -OCH3 is 1. The molecule has 49 heavy (non-hydrogen) atoms. The molecule has 0 saturated carbocycles. The number of nitrogens with zero attached hydrogens (tertiary/aromatic N) is 1. The summed E-state index contributed by atoms with van der Waals surface area (Å²) in [6.07, 6.45) is 6.14. The molecule has 4 aliphatic rings. The molecule has 0 aromatic heterocycles. The zero-order valence-corrected chi connectivity index (χ0v) is 29.4. The monoisotopic (exact) mass is 695 g/mol. The van der Waals surface area contributed by atoms with Gasteiger partial charge in [0.05, 0.1) is 119 Å². The van der Waals surface area contributed by atoms with Crippen LogP contribution in [0.4, 0.5) is 0 Å². The van der Waals surface area contributed by atoms with Crippen LogP contribution in [0.5, 0.6) is 11.5 Å². The van der Waals surface area contributed by atoms with Gasteiger partial charge in [0.1, 0.15) is 12.2 Å². The Bertz CT molecular complexity index is 1120. The third kappa shape index (κ3) is 10.4. The van der Waals surface area contributed by atoms with Crippen LogP contribution in [0.25, 0.3) is 0 Å². The van der Waals surface area contributed by atoms with Crippen LogP contribution < -0.4 is 4.74 Å². The molecule has 2 aliphatic heterocycles. The number of aromatic hydroxyl groups is 1. The topological polar surface area (TPSA) is 125 Å². The Morgan fingerprint density at radius 1 is 0.694 bits per heavy atom. The van der Waals surface area contributed by atoms with Crippen LogP contribution in [0.1, 0.15) is 17.5 Å². The highest BCUT2D eigenvalue weighted by Gasteiger charge is 2.64. The highest BCUT2D eigenvalue weighted by molar-refractivity contribution is 5.61. The molecule has 1 fully saturated rings. The minimum atomic E-state index is -0.189. The molecule has 1 saturated heterocycles. The predicted octanol–water partition coefficient (Wildman–Crippen LogP) is 2.00. The van der Waals surface area contributed by atoms with E-state index in [1.807, 2.05) is 0 Å². The van der Waals surface area contributed by atoms with E-state index >= 15 is 0 Å². The molecule has 13 heteroatoms. The number of hydrogen-bond acceptors (Lipinski definition) is 13. The first kappa shape index (κ1) is 38.4. The second-order valence-corrected chi connectivity index (χ2v) is 12.7. The van der Waals surface area contributed by atoms with Gasteiger partial charge >= 0.3 is 0 Å². The normalized spacial score (nSPS) is 25.1. The van der Waals surface area contributed by atoms with Crippen molar-refractivity contribution in [1.82, 2.24) is 4.90 Å². The van der Waals surface area contributed by atoms with Crippen molar-refractivity contribution >= 4 is 0 Å². The van der Waals surface area contributed by atoms with Gasteiger partial charge in [0, 0.05) is 30.0 Å². The maximum absolute atomic E-state index is 10.7. The van der Waals surface area contributed by atoms with Crippen molar-refractivity contribution in [1.29, 1.82) is 0 Å². The number of benzene rings is 1. The maximum Gasteiger partial charge on any atom is 0.165 e. The largest absolute Gasteiger partial charge is 0.504 e. The molecule has 0 radical (unpaired) electrons. The Balaban J connectivity index is 0.803. The fourth-order valence-corrected chi connectivity index (χ4v) is 7.39. The van der Waals surface area contributed by atoms with Gasteiger partial charge in [0.2, 0.25) is 0 Å². The van der Waals surface area contributed by atoms with E-state index < -0.39 is 0 Å². The summed E-state index contributed by atoms with van der Waals surface area (Å²) in [5, 5.41) is 10.7. The van der Waals surface area contributed by atoms with Gasteiger partial charge in [-0.15, -0.1) is 0 Å². The number of ether oxygens (including phenoxy) is 11. The predicted molar refractivity (Wildman–Crippen MR) is 180 cm³/mol. The van der Waals surface area contributed by atoms with Crippen LogP contribution in [-0.4, -0.2) is 168 Å². The minimum Gasteiger partial charge on any atom is -0.504 e. The van der Waals surface area contributed by atoms with E-state index in [0.717, 1.165) is 19.4 Å². The zero-order chi connectivity index (χ0) is 34.2. The number of likely N-dealkylation sites (tertiary alicyclic amines) is 1. The summed E-state index contributed by atoms with van der Waals surface area (Å²) in [7, 11) is 3.87. The first-order chi connectivity index (χ1) is 24.2. The molecular weight excluding hydrogens is 638 g/mol. The van der Waals surface area contributed by atoms with Gasteiger partial charge < -0.3 is 62.1 Å². The van der Waals surface area contributed by atoms with Crippen molar-refractivity contribution in [3.63, 3.8) is 0 Å². The Morgan fingerprint density at radius 3 is 1.69 bits per heavy atom. The van der Waals surface area contributed by atoms with E-state index in [9.17, 15) is 5.11 Å². The lowest BCUT2D eigenvalue weighted by molar-refractivity contribution is -0.0818. The summed E-state index contributed by atoms with van der Waals surface area (Å²) in [5.74, 6) is 1.25. The first-order valence-electron chi connectivity index (χ1n) is 17.8. The molecule has 13 nitrogen and oxygen atoms in total. The second-order valence-electron chi connectivity index (χ2n) is 12.7. The summed E-state index contributed by atoms with van der Waals surface area (Å²) in [6, 6.07) is 4.29. The Hall–Kier alpha value is -1.88. The molecule has 1 N–H and O–H groups in total. The van der Waals surface area contributed by atoms with Crippen LogP contribution >= 0.6 is 0 Å². The summed E-state index contributed by atoms with van der Waals surface area (Å²) >= 11 is 0. The molecule has 278 valence electrons. The number of phenolic OH excluding ortho intramolecular Hbond substituents is 1. The van der Waals surface area contributed by atoms with E-state index in [1.165, 1.54) is 11.1 Å². The second kappa shape index (κ2) is 20.8. The average molecular weight is 696 g/mol.